The topological polar surface area (TPSA) is 63.6 Å². The minimum atomic E-state index is 0.759. The van der Waals surface area contributed by atoms with Gasteiger partial charge in [0.05, 0.1) is 11.9 Å². The number of nitrogens with one attached hydrogen (secondary N) is 1. The molecular formula is C8H9N5S. The highest BCUT2D eigenvalue weighted by Gasteiger charge is 2.06. The lowest BCUT2D eigenvalue weighted by Gasteiger charge is -1.93. The second kappa shape index (κ2) is 3.67. The van der Waals surface area contributed by atoms with Crippen LogP contribution in [0.4, 0.5) is 5.13 Å². The van der Waals surface area contributed by atoms with E-state index in [0.717, 1.165) is 21.5 Å². The molecule has 6 heteroatoms. The van der Waals surface area contributed by atoms with Crippen molar-refractivity contribution in [2.45, 2.75) is 6.92 Å². The smallest absolute Gasteiger partial charge is 0.205 e. The summed E-state index contributed by atoms with van der Waals surface area (Å²) in [6.07, 6.45) is 3.42. The van der Waals surface area contributed by atoms with Crippen molar-refractivity contribution in [3.05, 3.63) is 18.1 Å². The lowest BCUT2D eigenvalue weighted by atomic mass is 10.4. The number of aromatic nitrogens is 4. The summed E-state index contributed by atoms with van der Waals surface area (Å²) < 4.78 is 0. The second-order valence-electron chi connectivity index (χ2n) is 2.71. The van der Waals surface area contributed by atoms with Gasteiger partial charge in [0.1, 0.15) is 5.69 Å². The molecule has 0 aliphatic carbocycles. The Kier molecular flexibility index (Phi) is 2.36. The van der Waals surface area contributed by atoms with Gasteiger partial charge in [0, 0.05) is 13.2 Å². The van der Waals surface area contributed by atoms with E-state index in [4.69, 9.17) is 0 Å². The molecule has 2 aromatic heterocycles. The average Bonchev–Trinajstić information content (AvgIpc) is 2.67. The molecule has 0 atom stereocenters. The van der Waals surface area contributed by atoms with Gasteiger partial charge in [0.15, 0.2) is 5.01 Å². The molecule has 0 radical (unpaired) electrons. The zero-order valence-corrected chi connectivity index (χ0v) is 8.67. The lowest BCUT2D eigenvalue weighted by molar-refractivity contribution is 1.06. The molecule has 0 aliphatic rings. The fraction of sp³-hybridized carbons (Fsp3) is 0.250. The van der Waals surface area contributed by atoms with Crippen LogP contribution in [-0.2, 0) is 0 Å². The predicted molar refractivity (Wildman–Crippen MR) is 55.2 cm³/mol. The molecule has 0 fully saturated rings. The largest absolute Gasteiger partial charge is 0.363 e. The molecular weight excluding hydrogens is 198 g/mol. The van der Waals surface area contributed by atoms with E-state index in [0.29, 0.717) is 0 Å². The monoisotopic (exact) mass is 207 g/mol. The third kappa shape index (κ3) is 1.69. The summed E-state index contributed by atoms with van der Waals surface area (Å²) in [5.74, 6) is 0. The van der Waals surface area contributed by atoms with Crippen LogP contribution in [0, 0.1) is 6.92 Å². The first-order chi connectivity index (χ1) is 6.79. The first-order valence-electron chi connectivity index (χ1n) is 4.10. The summed E-state index contributed by atoms with van der Waals surface area (Å²) in [6, 6.07) is 0. The van der Waals surface area contributed by atoms with Gasteiger partial charge in [-0.2, -0.15) is 0 Å². The summed E-state index contributed by atoms with van der Waals surface area (Å²) in [4.78, 5) is 8.36. The van der Waals surface area contributed by atoms with Crippen molar-refractivity contribution in [1.29, 1.82) is 0 Å². The molecule has 1 N–H and O–H groups in total. The highest BCUT2D eigenvalue weighted by molar-refractivity contribution is 7.18. The SMILES string of the molecule is CNc1nnc(-c2cnc(C)cn2)s1. The Morgan fingerprint density at radius 1 is 1.21 bits per heavy atom. The molecule has 14 heavy (non-hydrogen) atoms. The molecule has 0 aliphatic heterocycles. The minimum Gasteiger partial charge on any atom is -0.363 e. The van der Waals surface area contributed by atoms with Gasteiger partial charge in [-0.15, -0.1) is 10.2 Å². The van der Waals surface area contributed by atoms with E-state index in [1.54, 1.807) is 12.4 Å². The fourth-order valence-corrected chi connectivity index (χ4v) is 1.59. The number of nitrogens with zero attached hydrogens (tertiary/aromatic N) is 4. The quantitative estimate of drug-likeness (QED) is 0.805. The molecule has 0 aromatic carbocycles. The number of hydrogen-bond acceptors (Lipinski definition) is 6. The maximum absolute atomic E-state index is 4.21. The number of anilines is 1. The number of hydrogen-bond donors (Lipinski definition) is 1. The molecule has 2 heterocycles. The van der Waals surface area contributed by atoms with Crippen LogP contribution >= 0.6 is 11.3 Å². The van der Waals surface area contributed by atoms with Gasteiger partial charge in [-0.05, 0) is 6.92 Å². The molecule has 0 saturated carbocycles. The number of rotatable bonds is 2. The summed E-state index contributed by atoms with van der Waals surface area (Å²) in [7, 11) is 1.81. The first kappa shape index (κ1) is 9.01. The third-order valence-electron chi connectivity index (χ3n) is 1.64. The fourth-order valence-electron chi connectivity index (χ4n) is 0.931. The molecule has 0 unspecified atom stereocenters. The van der Waals surface area contributed by atoms with Crippen LogP contribution in [0.5, 0.6) is 0 Å². The van der Waals surface area contributed by atoms with Gasteiger partial charge >= 0.3 is 0 Å². The Morgan fingerprint density at radius 2 is 2.07 bits per heavy atom. The van der Waals surface area contributed by atoms with E-state index >= 15 is 0 Å². The molecule has 5 nitrogen and oxygen atoms in total. The van der Waals surface area contributed by atoms with Crippen molar-refractivity contribution in [2.75, 3.05) is 12.4 Å². The van der Waals surface area contributed by atoms with Crippen molar-refractivity contribution in [3.63, 3.8) is 0 Å². The van der Waals surface area contributed by atoms with Crippen LogP contribution in [0.3, 0.4) is 0 Å². The maximum Gasteiger partial charge on any atom is 0.205 e. The average molecular weight is 207 g/mol. The lowest BCUT2D eigenvalue weighted by Crippen LogP contribution is -1.87. The van der Waals surface area contributed by atoms with E-state index in [9.17, 15) is 0 Å². The van der Waals surface area contributed by atoms with Crippen molar-refractivity contribution in [2.24, 2.45) is 0 Å². The second-order valence-corrected chi connectivity index (χ2v) is 3.68. The summed E-state index contributed by atoms with van der Waals surface area (Å²) in [6.45, 7) is 1.90. The van der Waals surface area contributed by atoms with E-state index in [2.05, 4.69) is 25.5 Å². The minimum absolute atomic E-state index is 0.759. The standard InChI is InChI=1S/C8H9N5S/c1-5-3-11-6(4-10-5)7-12-13-8(9-2)14-7/h3-4H,1-2H3,(H,9,13). The van der Waals surface area contributed by atoms with Crippen molar-refractivity contribution >= 4 is 16.5 Å². The Labute approximate surface area is 85.3 Å². The molecule has 2 rings (SSSR count). The third-order valence-corrected chi connectivity index (χ3v) is 2.60. The van der Waals surface area contributed by atoms with Crippen molar-refractivity contribution in [1.82, 2.24) is 20.2 Å². The van der Waals surface area contributed by atoms with Crippen LogP contribution in [0.1, 0.15) is 5.69 Å². The van der Waals surface area contributed by atoms with Gasteiger partial charge in [0.2, 0.25) is 5.13 Å². The van der Waals surface area contributed by atoms with Gasteiger partial charge in [-0.25, -0.2) is 0 Å². The molecule has 0 bridgehead atoms. The Morgan fingerprint density at radius 3 is 2.64 bits per heavy atom. The Balaban J connectivity index is 2.34. The van der Waals surface area contributed by atoms with E-state index < -0.39 is 0 Å². The molecule has 0 amide bonds. The zero-order chi connectivity index (χ0) is 9.97. The molecule has 2 aromatic rings. The van der Waals surface area contributed by atoms with Crippen molar-refractivity contribution in [3.8, 4) is 10.7 Å². The van der Waals surface area contributed by atoms with Crippen molar-refractivity contribution < 1.29 is 0 Å². The Hall–Kier alpha value is -1.56. The molecule has 72 valence electrons. The van der Waals surface area contributed by atoms with Crippen LogP contribution in [0.2, 0.25) is 0 Å². The first-order valence-corrected chi connectivity index (χ1v) is 4.91. The van der Waals surface area contributed by atoms with E-state index in [1.807, 2.05) is 14.0 Å². The molecule has 0 saturated heterocycles. The highest BCUT2D eigenvalue weighted by atomic mass is 32.1. The highest BCUT2D eigenvalue weighted by Crippen LogP contribution is 2.23. The van der Waals surface area contributed by atoms with Crippen LogP contribution in [0.25, 0.3) is 10.7 Å². The van der Waals surface area contributed by atoms with Crippen LogP contribution < -0.4 is 5.32 Å². The van der Waals surface area contributed by atoms with Gasteiger partial charge in [-0.3, -0.25) is 9.97 Å². The van der Waals surface area contributed by atoms with Crippen LogP contribution in [-0.4, -0.2) is 27.2 Å². The summed E-state index contributed by atoms with van der Waals surface area (Å²) in [5.41, 5.74) is 1.65. The number of aryl methyl sites for hydroxylation is 1. The zero-order valence-electron chi connectivity index (χ0n) is 7.85. The maximum atomic E-state index is 4.21. The van der Waals surface area contributed by atoms with Gasteiger partial charge in [-0.1, -0.05) is 11.3 Å². The van der Waals surface area contributed by atoms with E-state index in [1.165, 1.54) is 11.3 Å². The predicted octanol–water partition coefficient (Wildman–Crippen LogP) is 1.35. The molecule has 0 spiro atoms. The van der Waals surface area contributed by atoms with Gasteiger partial charge < -0.3 is 5.32 Å². The summed E-state index contributed by atoms with van der Waals surface area (Å²) >= 11 is 1.46. The summed E-state index contributed by atoms with van der Waals surface area (Å²) in [5, 5.41) is 12.4. The van der Waals surface area contributed by atoms with E-state index in [-0.39, 0.29) is 0 Å². The normalized spacial score (nSPS) is 10.1. The Bertz CT molecular complexity index is 422. The van der Waals surface area contributed by atoms with Gasteiger partial charge in [0.25, 0.3) is 0 Å². The van der Waals surface area contributed by atoms with Crippen LogP contribution in [0.15, 0.2) is 12.4 Å².